The van der Waals surface area contributed by atoms with Crippen molar-refractivity contribution >= 4 is 24.0 Å². The van der Waals surface area contributed by atoms with Gasteiger partial charge in [0.25, 0.3) is 0 Å². The summed E-state index contributed by atoms with van der Waals surface area (Å²) in [5, 5.41) is 18.7. The van der Waals surface area contributed by atoms with E-state index in [9.17, 15) is 24.3 Å². The number of hydrogen-bond acceptors (Lipinski definition) is 7. The van der Waals surface area contributed by atoms with Crippen LogP contribution in [-0.2, 0) is 20.9 Å². The highest BCUT2D eigenvalue weighted by Gasteiger charge is 2.46. The van der Waals surface area contributed by atoms with Crippen LogP contribution < -0.4 is 20.7 Å². The Bertz CT molecular complexity index is 1350. The number of β-amino-alcohol motifs (C(OH)–C–C–N with tert-alkyl or cyclic N) is 1. The molecule has 11 nitrogen and oxygen atoms in total. The first kappa shape index (κ1) is 33.9. The number of alkyl carbamates (subject to hydrolysis) is 1. The second-order valence-corrected chi connectivity index (χ2v) is 12.4. The number of para-hydroxylation sites is 1. The summed E-state index contributed by atoms with van der Waals surface area (Å²) in [5.74, 6) is 1.82. The maximum absolute atomic E-state index is 14.1. The molecule has 4 amide bonds. The molecule has 1 aliphatic heterocycles. The lowest BCUT2D eigenvalue weighted by atomic mass is 9.80. The van der Waals surface area contributed by atoms with Crippen LogP contribution in [0.25, 0.3) is 0 Å². The van der Waals surface area contributed by atoms with E-state index in [1.54, 1.807) is 89.2 Å². The first-order chi connectivity index (χ1) is 20.7. The molecule has 1 fully saturated rings. The molecule has 1 heterocycles. The van der Waals surface area contributed by atoms with Crippen LogP contribution in [0.2, 0.25) is 0 Å². The number of carbonyl (C=O) groups is 4. The third-order valence-corrected chi connectivity index (χ3v) is 7.13. The van der Waals surface area contributed by atoms with Gasteiger partial charge >= 0.3 is 12.2 Å². The number of likely N-dealkylation sites (tertiary alicyclic amines) is 1. The number of hydrogen-bond donors (Lipinski definition) is 4. The number of terminal acetylenes is 1. The molecule has 3 rings (SSSR count). The van der Waals surface area contributed by atoms with Gasteiger partial charge in [0.1, 0.15) is 23.4 Å². The van der Waals surface area contributed by atoms with Crippen LogP contribution in [0, 0.1) is 17.8 Å². The molecule has 11 heteroatoms. The average molecular weight is 607 g/mol. The van der Waals surface area contributed by atoms with Crippen molar-refractivity contribution in [2.75, 3.05) is 13.1 Å². The highest BCUT2D eigenvalue weighted by atomic mass is 16.6. The van der Waals surface area contributed by atoms with E-state index >= 15 is 0 Å². The second-order valence-electron chi connectivity index (χ2n) is 12.4. The van der Waals surface area contributed by atoms with Gasteiger partial charge in [-0.2, -0.15) is 0 Å². The predicted octanol–water partition coefficient (Wildman–Crippen LogP) is 3.34. The summed E-state index contributed by atoms with van der Waals surface area (Å²) < 4.78 is 10.7. The number of amides is 4. The normalized spacial score (nSPS) is 17.2. The first-order valence-electron chi connectivity index (χ1n) is 14.5. The summed E-state index contributed by atoms with van der Waals surface area (Å²) in [5.41, 5.74) is -0.0904. The quantitative estimate of drug-likeness (QED) is 0.304. The van der Waals surface area contributed by atoms with E-state index in [4.69, 9.17) is 15.9 Å². The van der Waals surface area contributed by atoms with Crippen molar-refractivity contribution < 1.29 is 33.8 Å². The van der Waals surface area contributed by atoms with Gasteiger partial charge in [-0.05, 0) is 62.4 Å². The lowest BCUT2D eigenvalue weighted by Crippen LogP contribution is -2.59. The van der Waals surface area contributed by atoms with Crippen molar-refractivity contribution in [3.05, 3.63) is 65.7 Å². The molecule has 3 atom stereocenters. The molecular weight excluding hydrogens is 564 g/mol. The smallest absolute Gasteiger partial charge is 0.413 e. The zero-order valence-corrected chi connectivity index (χ0v) is 25.9. The van der Waals surface area contributed by atoms with E-state index in [2.05, 4.69) is 21.9 Å². The fraction of sp³-hybridized carbons (Fsp3) is 0.455. The molecular formula is C33H42N4O7. The number of carbonyl (C=O) groups excluding carboxylic acids is 4. The van der Waals surface area contributed by atoms with Crippen molar-refractivity contribution in [1.29, 1.82) is 0 Å². The fourth-order valence-electron chi connectivity index (χ4n) is 4.78. The average Bonchev–Trinajstić information content (AvgIpc) is 3.35. The minimum Gasteiger partial charge on any atom is -0.444 e. The van der Waals surface area contributed by atoms with Crippen molar-refractivity contribution in [3.8, 4) is 18.1 Å². The van der Waals surface area contributed by atoms with Gasteiger partial charge in [-0.1, -0.05) is 50.1 Å². The number of benzene rings is 2. The number of aliphatic hydroxyl groups is 1. The topological polar surface area (TPSA) is 146 Å². The van der Waals surface area contributed by atoms with E-state index in [0.717, 1.165) is 5.56 Å². The molecule has 0 saturated carbocycles. The Morgan fingerprint density at radius 2 is 1.66 bits per heavy atom. The minimum atomic E-state index is -1.17. The van der Waals surface area contributed by atoms with E-state index in [1.807, 2.05) is 0 Å². The highest BCUT2D eigenvalue weighted by Crippen LogP contribution is 2.30. The van der Waals surface area contributed by atoms with Crippen molar-refractivity contribution in [1.82, 2.24) is 20.9 Å². The summed E-state index contributed by atoms with van der Waals surface area (Å²) in [6.45, 7) is 9.02. The monoisotopic (exact) mass is 606 g/mol. The number of nitrogens with one attached hydrogen (secondary N) is 3. The fourth-order valence-corrected chi connectivity index (χ4v) is 4.78. The van der Waals surface area contributed by atoms with E-state index in [0.29, 0.717) is 5.56 Å². The van der Waals surface area contributed by atoms with Gasteiger partial charge in [0.05, 0.1) is 6.10 Å². The number of ether oxygens (including phenoxy) is 2. The molecule has 0 aromatic heterocycles. The molecule has 0 aliphatic carbocycles. The van der Waals surface area contributed by atoms with Crippen LogP contribution in [0.1, 0.15) is 58.6 Å². The molecule has 1 aliphatic rings. The highest BCUT2D eigenvalue weighted by molar-refractivity contribution is 5.92. The van der Waals surface area contributed by atoms with Crippen molar-refractivity contribution in [2.24, 2.45) is 5.41 Å². The van der Waals surface area contributed by atoms with Gasteiger partial charge in [-0.3, -0.25) is 9.59 Å². The predicted molar refractivity (Wildman–Crippen MR) is 164 cm³/mol. The molecule has 2 aromatic carbocycles. The molecule has 1 saturated heterocycles. The first-order valence-corrected chi connectivity index (χ1v) is 14.5. The van der Waals surface area contributed by atoms with Gasteiger partial charge in [-0.25, -0.2) is 9.59 Å². The summed E-state index contributed by atoms with van der Waals surface area (Å²) in [6, 6.07) is 13.4. The third-order valence-electron chi connectivity index (χ3n) is 7.13. The maximum Gasteiger partial charge on any atom is 0.413 e. The number of aliphatic hydroxyl groups excluding tert-OH is 1. The van der Waals surface area contributed by atoms with Crippen LogP contribution in [0.4, 0.5) is 9.59 Å². The Balaban J connectivity index is 1.77. The van der Waals surface area contributed by atoms with Crippen molar-refractivity contribution in [3.63, 3.8) is 0 Å². The summed E-state index contributed by atoms with van der Waals surface area (Å²) in [7, 11) is 0. The third kappa shape index (κ3) is 10.0. The Morgan fingerprint density at radius 3 is 2.27 bits per heavy atom. The van der Waals surface area contributed by atoms with Crippen LogP contribution in [-0.4, -0.2) is 70.9 Å². The van der Waals surface area contributed by atoms with Crippen LogP contribution >= 0.6 is 0 Å². The molecule has 2 aromatic rings. The zero-order chi connectivity index (χ0) is 32.5. The van der Waals surface area contributed by atoms with Crippen molar-refractivity contribution in [2.45, 2.75) is 77.8 Å². The van der Waals surface area contributed by atoms with E-state index < -0.39 is 53.2 Å². The zero-order valence-electron chi connectivity index (χ0n) is 25.9. The molecule has 236 valence electrons. The van der Waals surface area contributed by atoms with E-state index in [1.165, 1.54) is 4.90 Å². The van der Waals surface area contributed by atoms with Crippen LogP contribution in [0.15, 0.2) is 54.6 Å². The Labute approximate surface area is 258 Å². The van der Waals surface area contributed by atoms with Gasteiger partial charge in [0.15, 0.2) is 0 Å². The number of rotatable bonds is 10. The Hall–Kier alpha value is -4.56. The van der Waals surface area contributed by atoms with Gasteiger partial charge in [0, 0.05) is 31.6 Å². The summed E-state index contributed by atoms with van der Waals surface area (Å²) in [4.78, 5) is 53.9. The molecule has 4 N–H and O–H groups in total. The molecule has 44 heavy (non-hydrogen) atoms. The standard InChI is InChI=1S/C33H42N4O7/c1-7-22-13-15-23(16-14-22)20-35-28(39)26-19-24(38)21-37(26)29(40)27(36-31(42)43-25-11-9-8-10-12-25)33(5,6)17-18-34-30(41)44-32(2,3)4/h1,8-16,24,26-27,38H,17-21H2,2-6H3,(H,34,41)(H,35,39)(H,36,42)/t24-,26+,27+/m1/s1. The van der Waals surface area contributed by atoms with Gasteiger partial charge < -0.3 is 35.4 Å². The Kier molecular flexibility index (Phi) is 11.4. The summed E-state index contributed by atoms with van der Waals surface area (Å²) >= 11 is 0. The van der Waals surface area contributed by atoms with E-state index in [-0.39, 0.29) is 38.2 Å². The second kappa shape index (κ2) is 14.8. The largest absolute Gasteiger partial charge is 0.444 e. The van der Waals surface area contributed by atoms with Crippen LogP contribution in [0.3, 0.4) is 0 Å². The molecule has 0 radical (unpaired) electrons. The van der Waals surface area contributed by atoms with Gasteiger partial charge in [-0.15, -0.1) is 6.42 Å². The number of nitrogens with zero attached hydrogens (tertiary/aromatic N) is 1. The lowest BCUT2D eigenvalue weighted by molar-refractivity contribution is -0.142. The molecule has 0 unspecified atom stereocenters. The van der Waals surface area contributed by atoms with Crippen LogP contribution in [0.5, 0.6) is 5.75 Å². The maximum atomic E-state index is 14.1. The van der Waals surface area contributed by atoms with Gasteiger partial charge in [0.2, 0.25) is 11.8 Å². The summed E-state index contributed by atoms with van der Waals surface area (Å²) in [6.07, 6.45) is 3.30. The SMILES string of the molecule is C#Cc1ccc(CNC(=O)[C@@H]2C[C@@H](O)CN2C(=O)[C@H](NC(=O)Oc2ccccc2)C(C)(C)CCNC(=O)OC(C)(C)C)cc1. The molecule has 0 bridgehead atoms. The Morgan fingerprint density at radius 1 is 1.00 bits per heavy atom. The minimum absolute atomic E-state index is 0.0371. The lowest BCUT2D eigenvalue weighted by Gasteiger charge is -2.37. The molecule has 0 spiro atoms.